The number of hydrogen-bond donors (Lipinski definition) is 2. The Hall–Kier alpha value is -2.37. The summed E-state index contributed by atoms with van der Waals surface area (Å²) in [6, 6.07) is 9.84. The fourth-order valence-electron chi connectivity index (χ4n) is 3.20. The van der Waals surface area contributed by atoms with Crippen LogP contribution in [0.2, 0.25) is 0 Å². The van der Waals surface area contributed by atoms with Gasteiger partial charge in [-0.1, -0.05) is 76.8 Å². The lowest BCUT2D eigenvalue weighted by Gasteiger charge is -2.29. The van der Waals surface area contributed by atoms with E-state index in [1.807, 2.05) is 44.2 Å². The van der Waals surface area contributed by atoms with Gasteiger partial charge in [0.15, 0.2) is 0 Å². The third-order valence-electron chi connectivity index (χ3n) is 5.04. The molecule has 6 heteroatoms. The van der Waals surface area contributed by atoms with Gasteiger partial charge >= 0.3 is 5.97 Å². The quantitative estimate of drug-likeness (QED) is 0.322. The molecule has 0 unspecified atom stereocenters. The number of hydrogen-bond acceptors (Lipinski definition) is 4. The van der Waals surface area contributed by atoms with E-state index >= 15 is 0 Å². The topological polar surface area (TPSA) is 84.5 Å². The number of rotatable bonds is 15. The second-order valence-electron chi connectivity index (χ2n) is 8.79. The molecule has 0 aliphatic carbocycles. The number of carbonyl (C=O) groups is 3. The molecule has 31 heavy (non-hydrogen) atoms. The van der Waals surface area contributed by atoms with Gasteiger partial charge in [0, 0.05) is 13.0 Å². The van der Waals surface area contributed by atoms with Crippen molar-refractivity contribution in [1.82, 2.24) is 10.6 Å². The molecular formula is C25H40N2O4. The molecule has 0 spiro atoms. The molecule has 0 aliphatic heterocycles. The lowest BCUT2D eigenvalue weighted by atomic mass is 9.95. The Kier molecular flexibility index (Phi) is 12.6. The van der Waals surface area contributed by atoms with E-state index in [0.29, 0.717) is 19.4 Å². The van der Waals surface area contributed by atoms with E-state index in [2.05, 4.69) is 17.6 Å². The van der Waals surface area contributed by atoms with Crippen molar-refractivity contribution < 1.29 is 19.1 Å². The first-order valence-electron chi connectivity index (χ1n) is 11.6. The van der Waals surface area contributed by atoms with E-state index in [9.17, 15) is 14.4 Å². The third kappa shape index (κ3) is 11.6. The maximum absolute atomic E-state index is 12.9. The number of unbranched alkanes of at least 4 members (excludes halogenated alkanes) is 4. The maximum atomic E-state index is 12.9. The van der Waals surface area contributed by atoms with E-state index in [0.717, 1.165) is 37.7 Å². The van der Waals surface area contributed by atoms with Gasteiger partial charge in [-0.2, -0.15) is 0 Å². The van der Waals surface area contributed by atoms with Gasteiger partial charge in [-0.05, 0) is 31.2 Å². The predicted octanol–water partition coefficient (Wildman–Crippen LogP) is 4.17. The van der Waals surface area contributed by atoms with Gasteiger partial charge in [0.1, 0.15) is 5.54 Å². The van der Waals surface area contributed by atoms with E-state index < -0.39 is 11.5 Å². The molecule has 1 atom stereocenters. The number of amides is 2. The normalized spacial score (nSPS) is 12.8. The van der Waals surface area contributed by atoms with Crippen molar-refractivity contribution >= 4 is 17.8 Å². The van der Waals surface area contributed by atoms with Crippen molar-refractivity contribution in [2.24, 2.45) is 5.92 Å². The first kappa shape index (κ1) is 26.7. The van der Waals surface area contributed by atoms with Gasteiger partial charge in [0.05, 0.1) is 13.0 Å². The van der Waals surface area contributed by atoms with Crippen LogP contribution >= 0.6 is 0 Å². The summed E-state index contributed by atoms with van der Waals surface area (Å²) in [5.74, 6) is -0.872. The smallest absolute Gasteiger partial charge is 0.308 e. The minimum atomic E-state index is -1.34. The Labute approximate surface area is 187 Å². The molecule has 1 aromatic rings. The van der Waals surface area contributed by atoms with E-state index in [1.165, 1.54) is 0 Å². The van der Waals surface area contributed by atoms with Crippen molar-refractivity contribution in [3.63, 3.8) is 0 Å². The van der Waals surface area contributed by atoms with Crippen molar-refractivity contribution in [1.29, 1.82) is 0 Å². The third-order valence-corrected chi connectivity index (χ3v) is 5.04. The summed E-state index contributed by atoms with van der Waals surface area (Å²) >= 11 is 0. The average molecular weight is 433 g/mol. The zero-order valence-electron chi connectivity index (χ0n) is 19.7. The molecule has 1 rings (SSSR count). The molecule has 0 radical (unpaired) electrons. The van der Waals surface area contributed by atoms with Crippen LogP contribution in [0.4, 0.5) is 0 Å². The molecule has 0 saturated heterocycles. The summed E-state index contributed by atoms with van der Waals surface area (Å²) in [7, 11) is 0. The Morgan fingerprint density at radius 2 is 1.71 bits per heavy atom. The van der Waals surface area contributed by atoms with Gasteiger partial charge < -0.3 is 15.4 Å². The van der Waals surface area contributed by atoms with Crippen LogP contribution in [0.1, 0.15) is 78.2 Å². The number of carbonyl (C=O) groups excluding carboxylic acids is 3. The molecule has 0 saturated carbocycles. The number of nitrogens with one attached hydrogen (secondary N) is 2. The van der Waals surface area contributed by atoms with Gasteiger partial charge in [-0.25, -0.2) is 0 Å². The van der Waals surface area contributed by atoms with Crippen LogP contribution in [0.5, 0.6) is 0 Å². The van der Waals surface area contributed by atoms with Crippen molar-refractivity contribution in [2.75, 3.05) is 13.2 Å². The summed E-state index contributed by atoms with van der Waals surface area (Å²) < 4.78 is 5.26. The van der Waals surface area contributed by atoms with Crippen LogP contribution < -0.4 is 10.6 Å². The highest BCUT2D eigenvalue weighted by Crippen LogP contribution is 2.14. The summed E-state index contributed by atoms with van der Waals surface area (Å²) in [5.41, 5.74) is -0.234. The highest BCUT2D eigenvalue weighted by molar-refractivity contribution is 5.94. The van der Waals surface area contributed by atoms with Crippen LogP contribution in [-0.2, 0) is 25.5 Å². The molecule has 0 fully saturated rings. The molecule has 6 nitrogen and oxygen atoms in total. The highest BCUT2D eigenvalue weighted by Gasteiger charge is 2.37. The number of ether oxygens (including phenoxy) is 1. The number of benzene rings is 1. The van der Waals surface area contributed by atoms with Crippen LogP contribution in [0.3, 0.4) is 0 Å². The van der Waals surface area contributed by atoms with Crippen LogP contribution in [-0.4, -0.2) is 36.5 Å². The second-order valence-corrected chi connectivity index (χ2v) is 8.79. The zero-order chi connectivity index (χ0) is 23.1. The maximum Gasteiger partial charge on any atom is 0.308 e. The Morgan fingerprint density at radius 3 is 2.35 bits per heavy atom. The lowest BCUT2D eigenvalue weighted by molar-refractivity contribution is -0.149. The molecule has 2 amide bonds. The zero-order valence-corrected chi connectivity index (χ0v) is 19.7. The standard InChI is InChI=1S/C25H40N2O4/c1-5-6-7-8-12-15-22(28)27-25(4,18-23(29)31-19-20(2)3)24(30)26-17-16-21-13-10-9-11-14-21/h9-11,13-14,20H,5-8,12,15-19H2,1-4H3,(H,26,30)(H,27,28)/t25-/m1/s1. The predicted molar refractivity (Wildman–Crippen MR) is 123 cm³/mol. The summed E-state index contributed by atoms with van der Waals surface area (Å²) in [6.07, 6.45) is 5.98. The first-order chi connectivity index (χ1) is 14.8. The van der Waals surface area contributed by atoms with Gasteiger partial charge in [0.2, 0.25) is 11.8 Å². The Balaban J connectivity index is 2.67. The van der Waals surface area contributed by atoms with Gasteiger partial charge in [-0.15, -0.1) is 0 Å². The average Bonchev–Trinajstić information content (AvgIpc) is 2.72. The summed E-state index contributed by atoms with van der Waals surface area (Å²) in [4.78, 5) is 37.8. The van der Waals surface area contributed by atoms with Crippen LogP contribution in [0, 0.1) is 5.92 Å². The minimum absolute atomic E-state index is 0.196. The van der Waals surface area contributed by atoms with Crippen molar-refractivity contribution in [2.45, 2.75) is 84.6 Å². The largest absolute Gasteiger partial charge is 0.465 e. The summed E-state index contributed by atoms with van der Waals surface area (Å²) in [5, 5.41) is 5.67. The molecular weight excluding hydrogens is 392 g/mol. The Bertz CT molecular complexity index is 675. The van der Waals surface area contributed by atoms with Crippen LogP contribution in [0.15, 0.2) is 30.3 Å². The molecule has 0 heterocycles. The van der Waals surface area contributed by atoms with E-state index in [1.54, 1.807) is 6.92 Å². The van der Waals surface area contributed by atoms with Crippen LogP contribution in [0.25, 0.3) is 0 Å². The van der Waals surface area contributed by atoms with Crippen molar-refractivity contribution in [3.8, 4) is 0 Å². The fourth-order valence-corrected chi connectivity index (χ4v) is 3.20. The van der Waals surface area contributed by atoms with Crippen molar-refractivity contribution in [3.05, 3.63) is 35.9 Å². The highest BCUT2D eigenvalue weighted by atomic mass is 16.5. The monoisotopic (exact) mass is 432 g/mol. The Morgan fingerprint density at radius 1 is 1.03 bits per heavy atom. The van der Waals surface area contributed by atoms with E-state index in [4.69, 9.17) is 4.74 Å². The molecule has 1 aromatic carbocycles. The SMILES string of the molecule is CCCCCCCC(=O)N[C@](C)(CC(=O)OCC(C)C)C(=O)NCCc1ccccc1. The molecule has 0 aliphatic rings. The first-order valence-corrected chi connectivity index (χ1v) is 11.6. The lowest BCUT2D eigenvalue weighted by Crippen LogP contribution is -2.58. The molecule has 0 bridgehead atoms. The van der Waals surface area contributed by atoms with E-state index in [-0.39, 0.29) is 30.8 Å². The van der Waals surface area contributed by atoms with Gasteiger partial charge in [0.25, 0.3) is 0 Å². The molecule has 0 aromatic heterocycles. The summed E-state index contributed by atoms with van der Waals surface area (Å²) in [6.45, 7) is 8.35. The molecule has 174 valence electrons. The van der Waals surface area contributed by atoms with Gasteiger partial charge in [-0.3, -0.25) is 14.4 Å². The molecule has 2 N–H and O–H groups in total. The minimum Gasteiger partial charge on any atom is -0.465 e. The second kappa shape index (κ2) is 14.6. The number of esters is 1. The fraction of sp³-hybridized carbons (Fsp3) is 0.640.